The van der Waals surface area contributed by atoms with Crippen molar-refractivity contribution in [2.75, 3.05) is 33.7 Å². The molecule has 0 aliphatic carbocycles. The van der Waals surface area contributed by atoms with Gasteiger partial charge < -0.3 is 9.80 Å². The Labute approximate surface area is 292 Å². The molecule has 6 heteroatoms. The number of rotatable bonds is 8. The van der Waals surface area contributed by atoms with Crippen molar-refractivity contribution in [2.45, 2.75) is 0 Å². The van der Waals surface area contributed by atoms with Crippen LogP contribution in [-0.2, 0) is 9.59 Å². The summed E-state index contributed by atoms with van der Waals surface area (Å²) < 4.78 is 0. The molecule has 2 aliphatic rings. The SMILES string of the molecule is CN(c1ccccc1)c1ccc(C2=C3C(=O)N(c4ccccc4)C(c4ccc(N(C)c5ccccc5)cc4)=C3C(=O)N2c2ccccc2)cc1. The van der Waals surface area contributed by atoms with Crippen LogP contribution >= 0.6 is 0 Å². The lowest BCUT2D eigenvalue weighted by molar-refractivity contribution is -0.115. The summed E-state index contributed by atoms with van der Waals surface area (Å²) in [5.74, 6) is -0.474. The van der Waals surface area contributed by atoms with Gasteiger partial charge in [0.05, 0.1) is 22.5 Å². The van der Waals surface area contributed by atoms with E-state index in [0.29, 0.717) is 33.9 Å². The Hall–Kier alpha value is -6.66. The molecule has 50 heavy (non-hydrogen) atoms. The fourth-order valence-corrected chi connectivity index (χ4v) is 6.78. The third-order valence-corrected chi connectivity index (χ3v) is 9.38. The smallest absolute Gasteiger partial charge is 0.265 e. The highest BCUT2D eigenvalue weighted by Crippen LogP contribution is 2.49. The summed E-state index contributed by atoms with van der Waals surface area (Å²) in [5.41, 5.74) is 8.99. The van der Waals surface area contributed by atoms with E-state index < -0.39 is 0 Å². The van der Waals surface area contributed by atoms with Crippen LogP contribution in [0.15, 0.2) is 181 Å². The first kappa shape index (κ1) is 30.7. The molecule has 2 amide bonds. The number of fused-ring (bicyclic) bond motifs is 1. The van der Waals surface area contributed by atoms with Gasteiger partial charge in [-0.25, -0.2) is 0 Å². The average Bonchev–Trinajstić information content (AvgIpc) is 3.66. The monoisotopic (exact) mass is 650 g/mol. The molecule has 0 saturated heterocycles. The predicted octanol–water partition coefficient (Wildman–Crippen LogP) is 9.44. The number of hydrogen-bond acceptors (Lipinski definition) is 4. The fourth-order valence-electron chi connectivity index (χ4n) is 6.78. The molecule has 0 N–H and O–H groups in total. The van der Waals surface area contributed by atoms with Gasteiger partial charge in [0.15, 0.2) is 0 Å². The minimum atomic E-state index is -0.237. The second kappa shape index (κ2) is 12.7. The Balaban J connectivity index is 1.30. The molecule has 6 nitrogen and oxygen atoms in total. The number of amides is 2. The predicted molar refractivity (Wildman–Crippen MR) is 204 cm³/mol. The summed E-state index contributed by atoms with van der Waals surface area (Å²) in [6.45, 7) is 0. The molecule has 8 rings (SSSR count). The third-order valence-electron chi connectivity index (χ3n) is 9.38. The highest BCUT2D eigenvalue weighted by Gasteiger charge is 2.49. The molecule has 0 radical (unpaired) electrons. The van der Waals surface area contributed by atoms with E-state index in [1.165, 1.54) is 0 Å². The van der Waals surface area contributed by atoms with Crippen LogP contribution in [0, 0.1) is 0 Å². The van der Waals surface area contributed by atoms with Gasteiger partial charge in [-0.15, -0.1) is 0 Å². The highest BCUT2D eigenvalue weighted by molar-refractivity contribution is 6.41. The molecule has 242 valence electrons. The van der Waals surface area contributed by atoms with Crippen LogP contribution in [0.4, 0.5) is 34.1 Å². The topological polar surface area (TPSA) is 47.1 Å². The summed E-state index contributed by atoms with van der Waals surface area (Å²) in [6, 6.07) is 55.5. The van der Waals surface area contributed by atoms with Gasteiger partial charge in [0.2, 0.25) is 0 Å². The summed E-state index contributed by atoms with van der Waals surface area (Å²) >= 11 is 0. The quantitative estimate of drug-likeness (QED) is 0.165. The maximum Gasteiger partial charge on any atom is 0.265 e. The minimum absolute atomic E-state index is 0.237. The van der Waals surface area contributed by atoms with Gasteiger partial charge in [0, 0.05) is 48.2 Å². The van der Waals surface area contributed by atoms with Crippen molar-refractivity contribution in [2.24, 2.45) is 0 Å². The summed E-state index contributed by atoms with van der Waals surface area (Å²) in [6.07, 6.45) is 0. The van der Waals surface area contributed by atoms with E-state index in [4.69, 9.17) is 0 Å². The van der Waals surface area contributed by atoms with E-state index in [2.05, 4.69) is 34.1 Å². The molecule has 0 fully saturated rings. The number of carbonyl (C=O) groups excluding carboxylic acids is 2. The van der Waals surface area contributed by atoms with Crippen molar-refractivity contribution in [3.63, 3.8) is 0 Å². The molecule has 6 aromatic carbocycles. The summed E-state index contributed by atoms with van der Waals surface area (Å²) in [4.78, 5) is 37.3. The summed E-state index contributed by atoms with van der Waals surface area (Å²) in [5, 5.41) is 0. The first-order chi connectivity index (χ1) is 24.5. The van der Waals surface area contributed by atoms with Crippen LogP contribution in [0.1, 0.15) is 11.1 Å². The van der Waals surface area contributed by atoms with Gasteiger partial charge in [-0.05, 0) is 83.9 Å². The zero-order valence-corrected chi connectivity index (χ0v) is 27.8. The van der Waals surface area contributed by atoms with Gasteiger partial charge in [0.25, 0.3) is 11.8 Å². The van der Waals surface area contributed by atoms with Gasteiger partial charge >= 0.3 is 0 Å². The van der Waals surface area contributed by atoms with Crippen LogP contribution in [0.3, 0.4) is 0 Å². The zero-order valence-electron chi connectivity index (χ0n) is 27.8. The van der Waals surface area contributed by atoms with Gasteiger partial charge in [-0.3, -0.25) is 19.4 Å². The first-order valence-electron chi connectivity index (χ1n) is 16.6. The largest absolute Gasteiger partial charge is 0.345 e. The van der Waals surface area contributed by atoms with E-state index in [-0.39, 0.29) is 11.8 Å². The van der Waals surface area contributed by atoms with Crippen molar-refractivity contribution in [1.29, 1.82) is 0 Å². The Morgan fingerprint density at radius 1 is 0.360 bits per heavy atom. The van der Waals surface area contributed by atoms with Gasteiger partial charge in [-0.2, -0.15) is 0 Å². The second-order valence-corrected chi connectivity index (χ2v) is 12.3. The van der Waals surface area contributed by atoms with Crippen LogP contribution in [0.25, 0.3) is 11.4 Å². The Kier molecular flexibility index (Phi) is 7.82. The average molecular weight is 651 g/mol. The van der Waals surface area contributed by atoms with Crippen LogP contribution in [0.5, 0.6) is 0 Å². The third kappa shape index (κ3) is 5.24. The molecule has 0 saturated carbocycles. The lowest BCUT2D eigenvalue weighted by atomic mass is 10.0. The number of para-hydroxylation sites is 4. The zero-order chi connectivity index (χ0) is 34.2. The van der Waals surface area contributed by atoms with Gasteiger partial charge in [-0.1, -0.05) is 97.1 Å². The molecule has 0 spiro atoms. The van der Waals surface area contributed by atoms with Crippen molar-refractivity contribution in [1.82, 2.24) is 0 Å². The van der Waals surface area contributed by atoms with E-state index in [0.717, 1.165) is 33.9 Å². The number of hydrogen-bond donors (Lipinski definition) is 0. The van der Waals surface area contributed by atoms with Crippen molar-refractivity contribution >= 4 is 57.3 Å². The van der Waals surface area contributed by atoms with Gasteiger partial charge in [0.1, 0.15) is 0 Å². The number of anilines is 6. The molecule has 0 unspecified atom stereocenters. The summed E-state index contributed by atoms with van der Waals surface area (Å²) in [7, 11) is 4.05. The van der Waals surface area contributed by atoms with Crippen molar-refractivity contribution < 1.29 is 9.59 Å². The lowest BCUT2D eigenvalue weighted by Gasteiger charge is -2.26. The molecular weight excluding hydrogens is 617 g/mol. The Morgan fingerprint density at radius 3 is 0.960 bits per heavy atom. The standard InChI is InChI=1S/C44H34N4O2/c1-45(33-15-7-3-8-16-33)35-27-23-31(24-28-35)41-39-40(44(50)47(41)37-19-11-5-12-20-37)42(48(43(39)49)38-21-13-6-14-22-38)32-25-29-36(30-26-32)46(2)34-17-9-4-10-18-34/h3-30H,1-2H3. The molecule has 0 aromatic heterocycles. The minimum Gasteiger partial charge on any atom is -0.345 e. The first-order valence-corrected chi connectivity index (χ1v) is 16.6. The molecule has 2 aliphatic heterocycles. The molecule has 2 heterocycles. The maximum atomic E-state index is 14.8. The van der Waals surface area contributed by atoms with E-state index in [1.807, 2.05) is 160 Å². The van der Waals surface area contributed by atoms with E-state index >= 15 is 0 Å². The normalized spacial score (nSPS) is 14.0. The van der Waals surface area contributed by atoms with Crippen LogP contribution < -0.4 is 19.6 Å². The lowest BCUT2D eigenvalue weighted by Crippen LogP contribution is -2.29. The second-order valence-electron chi connectivity index (χ2n) is 12.3. The number of benzene rings is 6. The van der Waals surface area contributed by atoms with Crippen molar-refractivity contribution in [3.8, 4) is 0 Å². The number of nitrogens with zero attached hydrogens (tertiary/aromatic N) is 4. The number of carbonyl (C=O) groups is 2. The van der Waals surface area contributed by atoms with Crippen LogP contribution in [0.2, 0.25) is 0 Å². The highest BCUT2D eigenvalue weighted by atomic mass is 16.2. The molecular formula is C44H34N4O2. The molecule has 6 aromatic rings. The Morgan fingerprint density at radius 2 is 0.640 bits per heavy atom. The molecule has 0 atom stereocenters. The maximum absolute atomic E-state index is 14.8. The van der Waals surface area contributed by atoms with E-state index in [9.17, 15) is 9.59 Å². The van der Waals surface area contributed by atoms with Crippen LogP contribution in [-0.4, -0.2) is 25.9 Å². The Bertz CT molecular complexity index is 2080. The molecule has 0 bridgehead atoms. The fraction of sp³-hybridized carbons (Fsp3) is 0.0455. The van der Waals surface area contributed by atoms with E-state index in [1.54, 1.807) is 9.80 Å². The van der Waals surface area contributed by atoms with Crippen molar-refractivity contribution in [3.05, 3.63) is 192 Å².